The molecule has 0 aliphatic heterocycles. The summed E-state index contributed by atoms with van der Waals surface area (Å²) in [5.41, 5.74) is 2.84. The summed E-state index contributed by atoms with van der Waals surface area (Å²) in [6.07, 6.45) is 2.92. The van der Waals surface area contributed by atoms with Gasteiger partial charge in [-0.05, 0) is 36.6 Å². The van der Waals surface area contributed by atoms with E-state index in [0.29, 0.717) is 16.9 Å². The molecule has 8 heteroatoms. The van der Waals surface area contributed by atoms with Crippen molar-refractivity contribution in [2.45, 2.75) is 26.8 Å². The molecule has 4 rings (SSSR count). The van der Waals surface area contributed by atoms with Crippen LogP contribution >= 0.6 is 0 Å². The van der Waals surface area contributed by atoms with Gasteiger partial charge in [0.25, 0.3) is 5.56 Å². The van der Waals surface area contributed by atoms with Gasteiger partial charge in [0, 0.05) is 18.0 Å². The number of aliphatic carboxylic acids is 1. The van der Waals surface area contributed by atoms with Gasteiger partial charge in [0.2, 0.25) is 0 Å². The fourth-order valence-corrected chi connectivity index (χ4v) is 3.69. The van der Waals surface area contributed by atoms with Crippen LogP contribution in [0.5, 0.6) is 0 Å². The van der Waals surface area contributed by atoms with E-state index < -0.39 is 17.6 Å². The van der Waals surface area contributed by atoms with Crippen molar-refractivity contribution in [1.82, 2.24) is 19.2 Å². The molecule has 0 aliphatic carbocycles. The topological polar surface area (TPSA) is 89.5 Å². The molecule has 7 nitrogen and oxygen atoms in total. The standard InChI is InChI=1S/C21H19FN4O3/c1-11(2)18(21(28)29)25-9-8-16-15(20(25)27)10-23-19-17(12(3)24-26(16)19)13-4-6-14(22)7-5-13/h4-11,18H,1-3H3,(H,28,29)/t18-/m0/s1. The van der Waals surface area contributed by atoms with Gasteiger partial charge >= 0.3 is 5.97 Å². The minimum absolute atomic E-state index is 0.267. The van der Waals surface area contributed by atoms with Crippen LogP contribution < -0.4 is 5.56 Å². The summed E-state index contributed by atoms with van der Waals surface area (Å²) < 4.78 is 16.1. The number of halogens is 1. The summed E-state index contributed by atoms with van der Waals surface area (Å²) in [5.74, 6) is -1.67. The molecule has 3 heterocycles. The van der Waals surface area contributed by atoms with Crippen LogP contribution in [0.15, 0.2) is 47.5 Å². The Hall–Kier alpha value is -3.55. The highest BCUT2D eigenvalue weighted by molar-refractivity contribution is 5.86. The smallest absolute Gasteiger partial charge is 0.327 e. The van der Waals surface area contributed by atoms with Gasteiger partial charge in [0.05, 0.1) is 16.6 Å². The zero-order chi connectivity index (χ0) is 20.9. The maximum absolute atomic E-state index is 13.3. The number of nitrogens with zero attached hydrogens (tertiary/aromatic N) is 4. The fraction of sp³-hybridized carbons (Fsp3) is 0.238. The number of carbonyl (C=O) groups is 1. The van der Waals surface area contributed by atoms with E-state index in [1.165, 1.54) is 29.1 Å². The fourth-order valence-electron chi connectivity index (χ4n) is 3.69. The van der Waals surface area contributed by atoms with Gasteiger partial charge in [-0.2, -0.15) is 5.10 Å². The third kappa shape index (κ3) is 2.97. The van der Waals surface area contributed by atoms with Gasteiger partial charge in [0.1, 0.15) is 11.9 Å². The Morgan fingerprint density at radius 2 is 1.86 bits per heavy atom. The van der Waals surface area contributed by atoms with Crippen molar-refractivity contribution in [2.24, 2.45) is 5.92 Å². The van der Waals surface area contributed by atoms with E-state index in [2.05, 4.69) is 10.1 Å². The highest BCUT2D eigenvalue weighted by Gasteiger charge is 2.25. The lowest BCUT2D eigenvalue weighted by Crippen LogP contribution is -2.33. The number of aryl methyl sites for hydroxylation is 1. The summed E-state index contributed by atoms with van der Waals surface area (Å²) in [5, 5.41) is 14.3. The summed E-state index contributed by atoms with van der Waals surface area (Å²) >= 11 is 0. The molecule has 0 bridgehead atoms. The van der Waals surface area contributed by atoms with E-state index in [4.69, 9.17) is 0 Å². The lowest BCUT2D eigenvalue weighted by atomic mass is 10.0. The quantitative estimate of drug-likeness (QED) is 0.573. The first-order chi connectivity index (χ1) is 13.8. The third-order valence-electron chi connectivity index (χ3n) is 5.03. The molecule has 0 spiro atoms. The van der Waals surface area contributed by atoms with Gasteiger partial charge in [0.15, 0.2) is 5.65 Å². The molecule has 0 aliphatic rings. The van der Waals surface area contributed by atoms with Crippen LogP contribution in [0.4, 0.5) is 4.39 Å². The molecule has 0 saturated heterocycles. The molecule has 4 aromatic rings. The Kier molecular flexibility index (Phi) is 4.41. The van der Waals surface area contributed by atoms with Gasteiger partial charge in [-0.25, -0.2) is 18.7 Å². The van der Waals surface area contributed by atoms with Crippen molar-refractivity contribution in [2.75, 3.05) is 0 Å². The van der Waals surface area contributed by atoms with Crippen LogP contribution in [0.25, 0.3) is 27.7 Å². The zero-order valence-electron chi connectivity index (χ0n) is 16.1. The first-order valence-electron chi connectivity index (χ1n) is 9.17. The van der Waals surface area contributed by atoms with Crippen molar-refractivity contribution < 1.29 is 14.3 Å². The number of fused-ring (bicyclic) bond motifs is 3. The Bertz CT molecular complexity index is 1310. The van der Waals surface area contributed by atoms with Crippen LogP contribution in [0.1, 0.15) is 25.6 Å². The number of pyridine rings is 1. The van der Waals surface area contributed by atoms with E-state index >= 15 is 0 Å². The second-order valence-electron chi connectivity index (χ2n) is 7.32. The second-order valence-corrected chi connectivity index (χ2v) is 7.32. The van der Waals surface area contributed by atoms with E-state index in [1.807, 2.05) is 6.92 Å². The molecule has 3 aromatic heterocycles. The lowest BCUT2D eigenvalue weighted by Gasteiger charge is -2.19. The Balaban J connectivity index is 1.97. The molecule has 0 fully saturated rings. The van der Waals surface area contributed by atoms with E-state index in [9.17, 15) is 19.1 Å². The van der Waals surface area contributed by atoms with Gasteiger partial charge in [-0.15, -0.1) is 0 Å². The minimum atomic E-state index is -1.07. The normalized spacial score (nSPS) is 12.7. The van der Waals surface area contributed by atoms with Gasteiger partial charge < -0.3 is 9.67 Å². The van der Waals surface area contributed by atoms with Crippen molar-refractivity contribution in [3.8, 4) is 11.1 Å². The van der Waals surface area contributed by atoms with Crippen molar-refractivity contribution in [1.29, 1.82) is 0 Å². The van der Waals surface area contributed by atoms with E-state index in [1.54, 1.807) is 36.6 Å². The number of hydrogen-bond donors (Lipinski definition) is 1. The molecule has 1 aromatic carbocycles. The van der Waals surface area contributed by atoms with Crippen molar-refractivity contribution in [3.63, 3.8) is 0 Å². The first kappa shape index (κ1) is 18.8. The van der Waals surface area contributed by atoms with Crippen molar-refractivity contribution in [3.05, 3.63) is 64.6 Å². The molecule has 1 N–H and O–H groups in total. The molecule has 0 unspecified atom stereocenters. The lowest BCUT2D eigenvalue weighted by molar-refractivity contribution is -0.142. The summed E-state index contributed by atoms with van der Waals surface area (Å²) in [6.45, 7) is 5.32. The van der Waals surface area contributed by atoms with E-state index in [-0.39, 0.29) is 17.1 Å². The maximum atomic E-state index is 13.3. The molecular formula is C21H19FN4O3. The summed E-state index contributed by atoms with van der Waals surface area (Å²) in [6, 6.07) is 6.75. The third-order valence-corrected chi connectivity index (χ3v) is 5.03. The number of hydrogen-bond acceptors (Lipinski definition) is 4. The SMILES string of the molecule is Cc1nn2c(ncc3c(=O)n([C@H](C(=O)O)C(C)C)ccc32)c1-c1ccc(F)cc1. The number of carboxylic acid groups (broad SMARTS) is 1. The Morgan fingerprint density at radius 1 is 1.17 bits per heavy atom. The monoisotopic (exact) mass is 394 g/mol. The number of aromatic nitrogens is 4. The summed E-state index contributed by atoms with van der Waals surface area (Å²) in [4.78, 5) is 29.1. The predicted octanol–water partition coefficient (Wildman–Crippen LogP) is 3.44. The molecule has 0 radical (unpaired) electrons. The number of rotatable bonds is 4. The minimum Gasteiger partial charge on any atom is -0.480 e. The second kappa shape index (κ2) is 6.80. The molecule has 1 atom stereocenters. The Morgan fingerprint density at radius 3 is 2.48 bits per heavy atom. The van der Waals surface area contributed by atoms with Crippen LogP contribution in [0, 0.1) is 18.7 Å². The predicted molar refractivity (Wildman–Crippen MR) is 106 cm³/mol. The summed E-state index contributed by atoms with van der Waals surface area (Å²) in [7, 11) is 0. The highest BCUT2D eigenvalue weighted by atomic mass is 19.1. The Labute approximate surface area is 165 Å². The number of benzene rings is 1. The molecule has 0 amide bonds. The maximum Gasteiger partial charge on any atom is 0.327 e. The number of carboxylic acids is 1. The molecular weight excluding hydrogens is 375 g/mol. The van der Waals surface area contributed by atoms with Crippen LogP contribution in [0.3, 0.4) is 0 Å². The first-order valence-corrected chi connectivity index (χ1v) is 9.17. The average Bonchev–Trinajstić information content (AvgIpc) is 3.00. The molecule has 29 heavy (non-hydrogen) atoms. The van der Waals surface area contributed by atoms with Crippen LogP contribution in [-0.2, 0) is 4.79 Å². The molecule has 0 saturated carbocycles. The van der Waals surface area contributed by atoms with Crippen molar-refractivity contribution >= 4 is 22.5 Å². The highest BCUT2D eigenvalue weighted by Crippen LogP contribution is 2.29. The van der Waals surface area contributed by atoms with Gasteiger partial charge in [-0.1, -0.05) is 26.0 Å². The van der Waals surface area contributed by atoms with Crippen LogP contribution in [-0.4, -0.2) is 30.2 Å². The van der Waals surface area contributed by atoms with E-state index in [0.717, 1.165) is 11.1 Å². The van der Waals surface area contributed by atoms with Gasteiger partial charge in [-0.3, -0.25) is 4.79 Å². The average molecular weight is 394 g/mol. The largest absolute Gasteiger partial charge is 0.480 e. The zero-order valence-corrected chi connectivity index (χ0v) is 16.1. The van der Waals surface area contributed by atoms with Crippen LogP contribution in [0.2, 0.25) is 0 Å². The molecule has 148 valence electrons.